The van der Waals surface area contributed by atoms with Crippen molar-refractivity contribution in [3.05, 3.63) is 66.3 Å². The number of ether oxygens (including phenoxy) is 2. The molecule has 3 rings (SSSR count). The maximum absolute atomic E-state index is 14.1. The Morgan fingerprint density at radius 1 is 1.42 bits per heavy atom. The SMILES string of the molecule is C=CC1(OC(=O)c2c(F)nc(F)n2[C@H](C)c2ccccc2)COC1. The molecule has 0 unspecified atom stereocenters. The van der Waals surface area contributed by atoms with Crippen LogP contribution in [0.2, 0.25) is 0 Å². The molecule has 2 heterocycles. The number of aromatic nitrogens is 2. The topological polar surface area (TPSA) is 53.3 Å². The molecule has 0 N–H and O–H groups in total. The third kappa shape index (κ3) is 2.71. The molecular formula is C17H16F2N2O3. The number of carbonyl (C=O) groups excluding carboxylic acids is 1. The van der Waals surface area contributed by atoms with Gasteiger partial charge in [0.15, 0.2) is 11.3 Å². The molecule has 1 aromatic carbocycles. The molecular weight excluding hydrogens is 318 g/mol. The number of esters is 1. The summed E-state index contributed by atoms with van der Waals surface area (Å²) in [5.74, 6) is -2.21. The molecule has 0 spiro atoms. The van der Waals surface area contributed by atoms with E-state index in [-0.39, 0.29) is 13.2 Å². The second-order valence-electron chi connectivity index (χ2n) is 5.63. The van der Waals surface area contributed by atoms with Crippen molar-refractivity contribution in [3.63, 3.8) is 0 Å². The largest absolute Gasteiger partial charge is 0.445 e. The Bertz CT molecular complexity index is 770. The van der Waals surface area contributed by atoms with Gasteiger partial charge in [0.05, 0.1) is 19.3 Å². The van der Waals surface area contributed by atoms with Crippen molar-refractivity contribution >= 4 is 5.97 Å². The summed E-state index contributed by atoms with van der Waals surface area (Å²) in [5, 5.41) is 0. The molecule has 5 nitrogen and oxygen atoms in total. The van der Waals surface area contributed by atoms with Gasteiger partial charge in [-0.1, -0.05) is 36.9 Å². The number of halogens is 2. The van der Waals surface area contributed by atoms with E-state index in [4.69, 9.17) is 9.47 Å². The number of benzene rings is 1. The molecule has 1 fully saturated rings. The second kappa shape index (κ2) is 6.16. The lowest BCUT2D eigenvalue weighted by Crippen LogP contribution is -2.51. The first-order valence-corrected chi connectivity index (χ1v) is 7.40. The number of rotatable bonds is 5. The van der Waals surface area contributed by atoms with Crippen LogP contribution in [0.3, 0.4) is 0 Å². The van der Waals surface area contributed by atoms with Crippen LogP contribution in [-0.4, -0.2) is 34.3 Å². The Morgan fingerprint density at radius 2 is 2.08 bits per heavy atom. The standard InChI is InChI=1S/C17H16F2N2O3/c1-3-17(9-23-10-17)24-15(22)13-14(18)20-16(19)21(13)11(2)12-7-5-4-6-8-12/h3-8,11H,1,9-10H2,2H3/t11-/m1/s1. The van der Waals surface area contributed by atoms with Crippen LogP contribution in [0.5, 0.6) is 0 Å². The van der Waals surface area contributed by atoms with Gasteiger partial charge in [0.25, 0.3) is 6.08 Å². The summed E-state index contributed by atoms with van der Waals surface area (Å²) in [4.78, 5) is 15.6. The Kier molecular flexibility index (Phi) is 4.19. The molecule has 126 valence electrons. The minimum atomic E-state index is -1.21. The van der Waals surface area contributed by atoms with E-state index in [1.807, 2.05) is 0 Å². The van der Waals surface area contributed by atoms with Gasteiger partial charge in [-0.25, -0.2) is 4.79 Å². The fourth-order valence-electron chi connectivity index (χ4n) is 2.55. The van der Waals surface area contributed by atoms with Gasteiger partial charge in [-0.05, 0) is 18.6 Å². The molecule has 1 saturated heterocycles. The summed E-state index contributed by atoms with van der Waals surface area (Å²) in [6, 6.07) is 8.22. The molecule has 0 amide bonds. The first-order valence-electron chi connectivity index (χ1n) is 7.40. The van der Waals surface area contributed by atoms with Crippen LogP contribution in [0.4, 0.5) is 8.78 Å². The van der Waals surface area contributed by atoms with Gasteiger partial charge in [-0.15, -0.1) is 0 Å². The van der Waals surface area contributed by atoms with E-state index in [0.717, 1.165) is 4.57 Å². The van der Waals surface area contributed by atoms with Crippen molar-refractivity contribution in [3.8, 4) is 0 Å². The first-order chi connectivity index (χ1) is 11.5. The predicted octanol–water partition coefficient (Wildman–Crippen LogP) is 2.88. The summed E-state index contributed by atoms with van der Waals surface area (Å²) in [6.07, 6.45) is 0.331. The van der Waals surface area contributed by atoms with E-state index in [9.17, 15) is 13.6 Å². The zero-order valence-corrected chi connectivity index (χ0v) is 13.0. The van der Waals surface area contributed by atoms with Crippen LogP contribution in [-0.2, 0) is 9.47 Å². The average Bonchev–Trinajstić information content (AvgIpc) is 2.85. The Hall–Kier alpha value is -2.54. The number of hydrogen-bond donors (Lipinski definition) is 0. The molecule has 0 saturated carbocycles. The van der Waals surface area contributed by atoms with Gasteiger partial charge in [0, 0.05) is 0 Å². The highest BCUT2D eigenvalue weighted by Crippen LogP contribution is 2.28. The van der Waals surface area contributed by atoms with Crippen LogP contribution in [0, 0.1) is 12.0 Å². The number of imidazole rings is 1. The third-order valence-corrected chi connectivity index (χ3v) is 4.05. The van der Waals surface area contributed by atoms with Gasteiger partial charge in [0.2, 0.25) is 5.95 Å². The molecule has 0 bridgehead atoms. The van der Waals surface area contributed by atoms with Crippen LogP contribution in [0.25, 0.3) is 0 Å². The summed E-state index contributed by atoms with van der Waals surface area (Å²) in [6.45, 7) is 5.50. The van der Waals surface area contributed by atoms with Gasteiger partial charge in [0.1, 0.15) is 0 Å². The molecule has 1 aromatic heterocycles. The molecule has 24 heavy (non-hydrogen) atoms. The van der Waals surface area contributed by atoms with Crippen LogP contribution >= 0.6 is 0 Å². The molecule has 1 atom stereocenters. The first kappa shape index (κ1) is 16.3. The fourth-order valence-corrected chi connectivity index (χ4v) is 2.55. The molecule has 1 aliphatic heterocycles. The highest BCUT2D eigenvalue weighted by Gasteiger charge is 2.42. The maximum atomic E-state index is 14.1. The van der Waals surface area contributed by atoms with E-state index < -0.39 is 35.3 Å². The summed E-state index contributed by atoms with van der Waals surface area (Å²) < 4.78 is 39.4. The summed E-state index contributed by atoms with van der Waals surface area (Å²) >= 11 is 0. The highest BCUT2D eigenvalue weighted by molar-refractivity contribution is 5.88. The lowest BCUT2D eigenvalue weighted by atomic mass is 10.0. The van der Waals surface area contributed by atoms with E-state index >= 15 is 0 Å². The van der Waals surface area contributed by atoms with Crippen LogP contribution in [0.15, 0.2) is 43.0 Å². The van der Waals surface area contributed by atoms with Gasteiger partial charge in [-0.3, -0.25) is 4.57 Å². The van der Waals surface area contributed by atoms with Gasteiger partial charge < -0.3 is 9.47 Å². The number of nitrogens with zero attached hydrogens (tertiary/aromatic N) is 2. The fraction of sp³-hybridized carbons (Fsp3) is 0.294. The van der Waals surface area contributed by atoms with Gasteiger partial charge in [-0.2, -0.15) is 13.8 Å². The minimum absolute atomic E-state index is 0.134. The smallest absolute Gasteiger partial charge is 0.360 e. The lowest BCUT2D eigenvalue weighted by molar-refractivity contribution is -0.152. The number of carbonyl (C=O) groups is 1. The number of hydrogen-bond acceptors (Lipinski definition) is 4. The molecule has 2 aromatic rings. The van der Waals surface area contributed by atoms with Crippen molar-refractivity contribution in [1.29, 1.82) is 0 Å². The van der Waals surface area contributed by atoms with E-state index in [2.05, 4.69) is 11.6 Å². The predicted molar refractivity (Wildman–Crippen MR) is 81.6 cm³/mol. The van der Waals surface area contributed by atoms with Crippen molar-refractivity contribution in [2.45, 2.75) is 18.6 Å². The van der Waals surface area contributed by atoms with Crippen LogP contribution in [0.1, 0.15) is 29.0 Å². The summed E-state index contributed by atoms with van der Waals surface area (Å²) in [7, 11) is 0. The molecule has 0 radical (unpaired) electrons. The van der Waals surface area contributed by atoms with Crippen LogP contribution < -0.4 is 0 Å². The average molecular weight is 334 g/mol. The van der Waals surface area contributed by atoms with E-state index in [0.29, 0.717) is 5.56 Å². The van der Waals surface area contributed by atoms with E-state index in [1.54, 1.807) is 37.3 Å². The maximum Gasteiger partial charge on any atom is 0.360 e. The second-order valence-corrected chi connectivity index (χ2v) is 5.63. The lowest BCUT2D eigenvalue weighted by Gasteiger charge is -2.37. The highest BCUT2D eigenvalue weighted by atomic mass is 19.1. The monoisotopic (exact) mass is 334 g/mol. The molecule has 1 aliphatic rings. The zero-order chi connectivity index (χ0) is 17.3. The Balaban J connectivity index is 1.96. The Morgan fingerprint density at radius 3 is 2.62 bits per heavy atom. The zero-order valence-electron chi connectivity index (χ0n) is 13.0. The van der Waals surface area contributed by atoms with Gasteiger partial charge >= 0.3 is 5.97 Å². The molecule has 7 heteroatoms. The van der Waals surface area contributed by atoms with Crippen molar-refractivity contribution in [2.24, 2.45) is 0 Å². The third-order valence-electron chi connectivity index (χ3n) is 4.05. The van der Waals surface area contributed by atoms with E-state index in [1.165, 1.54) is 6.08 Å². The van der Waals surface area contributed by atoms with Crippen molar-refractivity contribution in [2.75, 3.05) is 13.2 Å². The van der Waals surface area contributed by atoms with Crippen molar-refractivity contribution < 1.29 is 23.0 Å². The quantitative estimate of drug-likeness (QED) is 0.623. The summed E-state index contributed by atoms with van der Waals surface area (Å²) in [5.41, 5.74) is -0.865. The molecule has 0 aliphatic carbocycles. The normalized spacial score (nSPS) is 17.0. The minimum Gasteiger partial charge on any atom is -0.445 e. The van der Waals surface area contributed by atoms with Crippen molar-refractivity contribution in [1.82, 2.24) is 9.55 Å². The Labute approximate surface area is 137 Å².